The number of urea groups is 1. The predicted octanol–water partition coefficient (Wildman–Crippen LogP) is 2.72. The van der Waals surface area contributed by atoms with Crippen molar-refractivity contribution >= 4 is 11.8 Å². The van der Waals surface area contributed by atoms with Gasteiger partial charge in [0.05, 0.1) is 0 Å². The Kier molecular flexibility index (Phi) is 5.62. The van der Waals surface area contributed by atoms with E-state index >= 15 is 0 Å². The summed E-state index contributed by atoms with van der Waals surface area (Å²) in [4.78, 5) is 15.5. The first-order valence-corrected chi connectivity index (χ1v) is 5.51. The Labute approximate surface area is 111 Å². The Morgan fingerprint density at radius 1 is 1.37 bits per heavy atom. The van der Waals surface area contributed by atoms with Crippen molar-refractivity contribution in [3.8, 4) is 5.75 Å². The molecule has 0 spiro atoms. The van der Waals surface area contributed by atoms with Crippen molar-refractivity contribution < 1.29 is 9.90 Å². The summed E-state index contributed by atoms with van der Waals surface area (Å²) in [5.74, 6) is -0.0146. The van der Waals surface area contributed by atoms with Crippen molar-refractivity contribution in [3.63, 3.8) is 0 Å². The second-order valence-electron chi connectivity index (χ2n) is 3.40. The van der Waals surface area contributed by atoms with Crippen molar-refractivity contribution in [3.05, 3.63) is 67.6 Å². The average Bonchev–Trinajstić information content (AvgIpc) is 2.39. The van der Waals surface area contributed by atoms with Crippen LogP contribution in [0.3, 0.4) is 0 Å². The van der Waals surface area contributed by atoms with Crippen LogP contribution in [0, 0.1) is 0 Å². The second-order valence-corrected chi connectivity index (χ2v) is 3.40. The van der Waals surface area contributed by atoms with Gasteiger partial charge in [-0.25, -0.2) is 9.78 Å². The number of anilines is 1. The normalized spacial score (nSPS) is 11.1. The van der Waals surface area contributed by atoms with Gasteiger partial charge in [0.15, 0.2) is 11.6 Å². The molecular formula is C14H15N3O2. The summed E-state index contributed by atoms with van der Waals surface area (Å²) < 4.78 is 0. The van der Waals surface area contributed by atoms with E-state index in [1.165, 1.54) is 12.3 Å². The number of hydrogen-bond donors (Lipinski definition) is 3. The average molecular weight is 257 g/mol. The molecule has 0 saturated carbocycles. The van der Waals surface area contributed by atoms with Crippen LogP contribution in [-0.2, 0) is 0 Å². The molecule has 1 aromatic rings. The van der Waals surface area contributed by atoms with Gasteiger partial charge >= 0.3 is 6.03 Å². The molecule has 3 N–H and O–H groups in total. The summed E-state index contributed by atoms with van der Waals surface area (Å²) in [6.07, 6.45) is 9.55. The molecule has 5 nitrogen and oxygen atoms in total. The molecule has 0 fully saturated rings. The molecule has 98 valence electrons. The molecule has 0 aliphatic rings. The van der Waals surface area contributed by atoms with Crippen LogP contribution in [0.15, 0.2) is 67.6 Å². The molecule has 0 atom stereocenters. The van der Waals surface area contributed by atoms with Crippen LogP contribution in [0.2, 0.25) is 0 Å². The first-order valence-electron chi connectivity index (χ1n) is 5.51. The molecule has 1 heterocycles. The third kappa shape index (κ3) is 4.91. The summed E-state index contributed by atoms with van der Waals surface area (Å²) in [5.41, 5.74) is 0.530. The lowest BCUT2D eigenvalue weighted by atomic mass is 10.3. The summed E-state index contributed by atoms with van der Waals surface area (Å²) in [5, 5.41) is 14.5. The first kappa shape index (κ1) is 14.2. The van der Waals surface area contributed by atoms with Crippen molar-refractivity contribution in [1.82, 2.24) is 10.3 Å². The second kappa shape index (κ2) is 7.50. The van der Waals surface area contributed by atoms with Gasteiger partial charge in [0.1, 0.15) is 0 Å². The summed E-state index contributed by atoms with van der Waals surface area (Å²) >= 11 is 0. The Balaban J connectivity index is 2.71. The van der Waals surface area contributed by atoms with Gasteiger partial charge in [0.25, 0.3) is 0 Å². The lowest BCUT2D eigenvalue weighted by molar-refractivity contribution is 0.254. The molecule has 1 aromatic heterocycles. The molecule has 0 bridgehead atoms. The molecule has 0 radical (unpaired) electrons. The number of aromatic nitrogens is 1. The fraction of sp³-hybridized carbons (Fsp3) is 0. The Morgan fingerprint density at radius 3 is 2.79 bits per heavy atom. The minimum atomic E-state index is -0.518. The van der Waals surface area contributed by atoms with Crippen LogP contribution >= 0.6 is 0 Å². The van der Waals surface area contributed by atoms with E-state index in [0.29, 0.717) is 5.70 Å². The molecule has 0 aliphatic heterocycles. The van der Waals surface area contributed by atoms with Crippen LogP contribution in [0.25, 0.3) is 0 Å². The van der Waals surface area contributed by atoms with E-state index in [2.05, 4.69) is 28.8 Å². The highest BCUT2D eigenvalue weighted by Crippen LogP contribution is 2.17. The first-order chi connectivity index (χ1) is 9.17. The van der Waals surface area contributed by atoms with Gasteiger partial charge in [-0.3, -0.25) is 5.32 Å². The lowest BCUT2D eigenvalue weighted by Gasteiger charge is -2.08. The molecular weight excluding hydrogens is 242 g/mol. The van der Waals surface area contributed by atoms with Crippen LogP contribution in [-0.4, -0.2) is 16.1 Å². The summed E-state index contributed by atoms with van der Waals surface area (Å²) in [6, 6.07) is 2.48. The Morgan fingerprint density at radius 2 is 2.16 bits per heavy atom. The van der Waals surface area contributed by atoms with Gasteiger partial charge in [-0.15, -0.1) is 0 Å². The lowest BCUT2D eigenvalue weighted by Crippen LogP contribution is -2.27. The van der Waals surface area contributed by atoms with Gasteiger partial charge in [-0.2, -0.15) is 0 Å². The maximum atomic E-state index is 11.7. The number of amides is 2. The molecule has 0 aromatic carbocycles. The number of rotatable bonds is 5. The van der Waals surface area contributed by atoms with Crippen LogP contribution < -0.4 is 10.6 Å². The van der Waals surface area contributed by atoms with Gasteiger partial charge in [-0.05, 0) is 24.3 Å². The topological polar surface area (TPSA) is 74.2 Å². The van der Waals surface area contributed by atoms with E-state index in [4.69, 9.17) is 0 Å². The van der Waals surface area contributed by atoms with E-state index in [0.717, 1.165) is 0 Å². The summed E-state index contributed by atoms with van der Waals surface area (Å²) in [6.45, 7) is 7.09. The maximum absolute atomic E-state index is 11.7. The zero-order valence-electron chi connectivity index (χ0n) is 10.3. The molecule has 5 heteroatoms. The van der Waals surface area contributed by atoms with E-state index in [-0.39, 0.29) is 11.6 Å². The third-order valence-electron chi connectivity index (χ3n) is 1.99. The van der Waals surface area contributed by atoms with Crippen LogP contribution in [0.1, 0.15) is 0 Å². The van der Waals surface area contributed by atoms with Gasteiger partial charge < -0.3 is 10.4 Å². The van der Waals surface area contributed by atoms with Crippen molar-refractivity contribution in [2.24, 2.45) is 0 Å². The highest BCUT2D eigenvalue weighted by molar-refractivity contribution is 5.91. The number of carbonyl (C=O) groups excluding carboxylic acids is 1. The van der Waals surface area contributed by atoms with E-state index < -0.39 is 6.03 Å². The van der Waals surface area contributed by atoms with Crippen LogP contribution in [0.4, 0.5) is 10.6 Å². The highest BCUT2D eigenvalue weighted by Gasteiger charge is 2.06. The van der Waals surface area contributed by atoms with E-state index in [9.17, 15) is 9.90 Å². The monoisotopic (exact) mass is 257 g/mol. The molecule has 19 heavy (non-hydrogen) atoms. The standard InChI is InChI=1S/C14H15N3O2/c1-3-5-8-11(7-4-2)16-14(19)17-13-12(18)9-6-10-15-13/h3-10,18H,1-2H2,(H2,15,16,17,19)/b8-5-,11-7+. The number of hydrogen-bond acceptors (Lipinski definition) is 3. The number of nitrogens with one attached hydrogen (secondary N) is 2. The largest absolute Gasteiger partial charge is 0.504 e. The van der Waals surface area contributed by atoms with Gasteiger partial charge in [0.2, 0.25) is 0 Å². The SMILES string of the molecule is C=C/C=C\C(=C/C=C)NC(=O)Nc1ncccc1O. The number of aromatic hydroxyl groups is 1. The predicted molar refractivity (Wildman–Crippen MR) is 75.7 cm³/mol. The molecule has 1 rings (SSSR count). The van der Waals surface area contributed by atoms with Gasteiger partial charge in [-0.1, -0.05) is 31.4 Å². The minimum Gasteiger partial charge on any atom is -0.504 e. The molecule has 0 unspecified atom stereocenters. The fourth-order valence-electron chi connectivity index (χ4n) is 1.20. The van der Waals surface area contributed by atoms with Crippen molar-refractivity contribution in [2.75, 3.05) is 5.32 Å². The Bertz CT molecular complexity index is 533. The van der Waals surface area contributed by atoms with E-state index in [1.807, 2.05) is 0 Å². The molecule has 0 saturated heterocycles. The zero-order chi connectivity index (χ0) is 14.1. The smallest absolute Gasteiger partial charge is 0.324 e. The third-order valence-corrected chi connectivity index (χ3v) is 1.99. The highest BCUT2D eigenvalue weighted by atomic mass is 16.3. The van der Waals surface area contributed by atoms with E-state index in [1.54, 1.807) is 36.4 Å². The zero-order valence-corrected chi connectivity index (χ0v) is 10.3. The number of carbonyl (C=O) groups is 1. The van der Waals surface area contributed by atoms with Gasteiger partial charge in [0, 0.05) is 11.9 Å². The fourth-order valence-corrected chi connectivity index (χ4v) is 1.20. The molecule has 2 amide bonds. The number of allylic oxidation sites excluding steroid dienone is 5. The molecule has 0 aliphatic carbocycles. The number of nitrogens with zero attached hydrogens (tertiary/aromatic N) is 1. The van der Waals surface area contributed by atoms with Crippen LogP contribution in [0.5, 0.6) is 5.75 Å². The van der Waals surface area contributed by atoms with Crippen molar-refractivity contribution in [2.45, 2.75) is 0 Å². The number of pyridine rings is 1. The Hall–Kier alpha value is -2.82. The maximum Gasteiger partial charge on any atom is 0.324 e. The quantitative estimate of drug-likeness (QED) is 0.710. The minimum absolute atomic E-state index is 0.0886. The van der Waals surface area contributed by atoms with Crippen molar-refractivity contribution in [1.29, 1.82) is 0 Å². The summed E-state index contributed by atoms with van der Waals surface area (Å²) in [7, 11) is 0.